The zero-order valence-electron chi connectivity index (χ0n) is 38.4. The second-order valence-electron chi connectivity index (χ2n) is 18.2. The van der Waals surface area contributed by atoms with Crippen LogP contribution < -0.4 is 9.47 Å². The summed E-state index contributed by atoms with van der Waals surface area (Å²) in [4.78, 5) is 22.0. The smallest absolute Gasteiger partial charge is 0.410 e. The van der Waals surface area contributed by atoms with E-state index >= 15 is 0 Å². The minimum absolute atomic E-state index is 0.0540. The molecule has 1 aliphatic heterocycles. The third-order valence-electron chi connectivity index (χ3n) is 12.6. The zero-order valence-corrected chi connectivity index (χ0v) is 38.4. The van der Waals surface area contributed by atoms with Gasteiger partial charge in [-0.05, 0) is 111 Å². The van der Waals surface area contributed by atoms with Crippen LogP contribution in [0.15, 0.2) is 133 Å². The maximum Gasteiger partial charge on any atom is 0.410 e. The Labute approximate surface area is 384 Å². The number of ether oxygens (including phenoxy) is 5. The number of rotatable bonds is 21. The van der Waals surface area contributed by atoms with Crippen molar-refractivity contribution in [3.63, 3.8) is 0 Å². The molecule has 1 heterocycles. The highest BCUT2D eigenvalue weighted by atomic mass is 16.7. The van der Waals surface area contributed by atoms with Crippen molar-refractivity contribution in [2.24, 2.45) is 22.9 Å². The summed E-state index contributed by atoms with van der Waals surface area (Å²) in [6.07, 6.45) is 8.39. The Bertz CT molecular complexity index is 2220. The molecule has 11 heteroatoms. The average Bonchev–Trinajstić information content (AvgIpc) is 3.31. The predicted octanol–water partition coefficient (Wildman–Crippen LogP) is 10.9. The van der Waals surface area contributed by atoms with Crippen molar-refractivity contribution in [3.05, 3.63) is 139 Å². The Balaban J connectivity index is 1.30. The van der Waals surface area contributed by atoms with E-state index in [1.807, 2.05) is 93.6 Å². The quantitative estimate of drug-likeness (QED) is 0.0477. The van der Waals surface area contributed by atoms with Gasteiger partial charge in [0.1, 0.15) is 35.5 Å². The van der Waals surface area contributed by atoms with Crippen LogP contribution in [0.3, 0.4) is 0 Å². The summed E-state index contributed by atoms with van der Waals surface area (Å²) in [5.74, 6) is 0.0733. The SMILES string of the molecule is C=CCO[C@@]12Oc3ccc(Oc4ccc(-c5ccccc5)cc4)cc3[C@H]3[C@H](CCCCO)[C@@H](CCCCO)C=C(C(=NOC(C)(C)C)C[C@@H]1N(C)C(=O)OCCOCc1ccccc1)[C@H]32. The standard InChI is InChI=1S/C54H66N2O9/c1-6-31-62-54-49(56(5)52(59)61-33-32-60-37-38-17-9-7-10-18-38)36-47(55-65-53(2,3)4)45-34-41(21-13-15-29-57)44(22-14-16-30-58)50(51(45)54)46-35-43(27-28-48(46)64-54)63-42-25-23-40(24-26-42)39-19-11-8-12-20-39/h6-12,17-20,23-28,34-35,41,44,49-51,57-58H,1,13-16,21-22,29-33,36-37H2,2-5H3/t41-,44+,49-,50+,51+,54+/m0/s1. The largest absolute Gasteiger partial charge is 0.459 e. The molecule has 6 atom stereocenters. The molecular weight excluding hydrogens is 821 g/mol. The molecule has 0 bridgehead atoms. The van der Waals surface area contributed by atoms with Gasteiger partial charge in [-0.25, -0.2) is 4.79 Å². The number of carbonyl (C=O) groups is 1. The minimum atomic E-state index is -1.41. The van der Waals surface area contributed by atoms with Crippen molar-refractivity contribution < 1.29 is 43.5 Å². The monoisotopic (exact) mass is 886 g/mol. The number of fused-ring (bicyclic) bond motifs is 2. The Morgan fingerprint density at radius 1 is 0.877 bits per heavy atom. The number of unbranched alkanes of at least 4 members (excludes halogenated alkanes) is 2. The molecule has 0 saturated heterocycles. The average molecular weight is 887 g/mol. The van der Waals surface area contributed by atoms with Crippen LogP contribution in [0, 0.1) is 17.8 Å². The highest BCUT2D eigenvalue weighted by Crippen LogP contribution is 2.62. The number of carbonyl (C=O) groups excluding carboxylic acids is 1. The Hall–Kier alpha value is -5.46. The van der Waals surface area contributed by atoms with E-state index in [4.69, 9.17) is 33.7 Å². The van der Waals surface area contributed by atoms with Gasteiger partial charge in [0.05, 0.1) is 31.5 Å². The van der Waals surface area contributed by atoms with Crippen molar-refractivity contribution in [2.75, 3.05) is 40.1 Å². The molecule has 4 aromatic carbocycles. The lowest BCUT2D eigenvalue weighted by molar-refractivity contribution is -0.253. The molecule has 3 aliphatic rings. The van der Waals surface area contributed by atoms with Crippen molar-refractivity contribution in [1.82, 2.24) is 4.90 Å². The lowest BCUT2D eigenvalue weighted by atomic mass is 9.55. The Kier molecular flexibility index (Phi) is 16.2. The number of oxime groups is 1. The number of allylic oxidation sites excluding steroid dienone is 1. The van der Waals surface area contributed by atoms with Gasteiger partial charge in [-0.2, -0.15) is 0 Å². The number of benzene rings is 4. The van der Waals surface area contributed by atoms with Gasteiger partial charge in [-0.3, -0.25) is 0 Å². The third kappa shape index (κ3) is 11.5. The summed E-state index contributed by atoms with van der Waals surface area (Å²) in [7, 11) is 1.72. The van der Waals surface area contributed by atoms with Gasteiger partial charge in [-0.15, -0.1) is 6.58 Å². The second-order valence-corrected chi connectivity index (χ2v) is 18.2. The van der Waals surface area contributed by atoms with Crippen LogP contribution in [-0.4, -0.2) is 84.4 Å². The van der Waals surface area contributed by atoms with Crippen LogP contribution in [0.4, 0.5) is 4.79 Å². The lowest BCUT2D eigenvalue weighted by Gasteiger charge is -2.59. The van der Waals surface area contributed by atoms with E-state index in [9.17, 15) is 15.0 Å². The fourth-order valence-corrected chi connectivity index (χ4v) is 9.65. The van der Waals surface area contributed by atoms with Crippen molar-refractivity contribution in [3.8, 4) is 28.4 Å². The first-order valence-electron chi connectivity index (χ1n) is 23.2. The van der Waals surface area contributed by atoms with Crippen LogP contribution >= 0.6 is 0 Å². The fraction of sp³-hybridized carbons (Fsp3) is 0.444. The van der Waals surface area contributed by atoms with Crippen molar-refractivity contribution in [1.29, 1.82) is 0 Å². The number of hydrogen-bond donors (Lipinski definition) is 2. The van der Waals surface area contributed by atoms with E-state index in [-0.39, 0.29) is 57.2 Å². The second kappa shape index (κ2) is 22.2. The molecule has 2 N–H and O–H groups in total. The summed E-state index contributed by atoms with van der Waals surface area (Å²) in [6, 6.07) is 33.4. The number of likely N-dealkylation sites (N-methyl/N-ethyl adjacent to an activating group) is 1. The molecule has 0 aromatic heterocycles. The molecule has 0 radical (unpaired) electrons. The molecule has 346 valence electrons. The molecule has 4 aromatic rings. The van der Waals surface area contributed by atoms with E-state index in [0.29, 0.717) is 42.4 Å². The van der Waals surface area contributed by atoms with E-state index in [0.717, 1.165) is 53.5 Å². The van der Waals surface area contributed by atoms with Crippen molar-refractivity contribution in [2.45, 2.75) is 95.7 Å². The first-order chi connectivity index (χ1) is 31.5. The number of hydrogen-bond acceptors (Lipinski definition) is 10. The van der Waals surface area contributed by atoms with Gasteiger partial charge in [0.2, 0.25) is 5.79 Å². The van der Waals surface area contributed by atoms with Gasteiger partial charge in [0, 0.05) is 38.2 Å². The van der Waals surface area contributed by atoms with Gasteiger partial charge in [0.15, 0.2) is 0 Å². The Morgan fingerprint density at radius 2 is 1.55 bits per heavy atom. The topological polar surface area (TPSA) is 129 Å². The van der Waals surface area contributed by atoms with E-state index in [1.54, 1.807) is 18.0 Å². The zero-order chi connectivity index (χ0) is 45.8. The number of aliphatic hydroxyl groups excluding tert-OH is 2. The maximum absolute atomic E-state index is 14.2. The normalized spacial score (nSPS) is 22.8. The van der Waals surface area contributed by atoms with Gasteiger partial charge >= 0.3 is 6.09 Å². The maximum atomic E-state index is 14.2. The molecule has 7 rings (SSSR count). The fourth-order valence-electron chi connectivity index (χ4n) is 9.65. The molecule has 1 amide bonds. The molecule has 0 unspecified atom stereocenters. The molecule has 1 saturated carbocycles. The van der Waals surface area contributed by atoms with Gasteiger partial charge in [-0.1, -0.05) is 103 Å². The van der Waals surface area contributed by atoms with E-state index in [1.165, 1.54) is 0 Å². The van der Waals surface area contributed by atoms with Crippen LogP contribution in [-0.2, 0) is 25.7 Å². The summed E-state index contributed by atoms with van der Waals surface area (Å²) < 4.78 is 32.7. The van der Waals surface area contributed by atoms with Gasteiger partial charge in [0.25, 0.3) is 0 Å². The summed E-state index contributed by atoms with van der Waals surface area (Å²) in [6.45, 7) is 10.9. The summed E-state index contributed by atoms with van der Waals surface area (Å²) >= 11 is 0. The molecule has 2 aliphatic carbocycles. The van der Waals surface area contributed by atoms with Crippen molar-refractivity contribution >= 4 is 11.8 Å². The molecular formula is C54H66N2O9. The van der Waals surface area contributed by atoms with E-state index in [2.05, 4.69) is 43.0 Å². The first kappa shape index (κ1) is 47.5. The number of aliphatic hydroxyl groups is 2. The molecule has 0 spiro atoms. The first-order valence-corrected chi connectivity index (χ1v) is 23.2. The van der Waals surface area contributed by atoms with Crippen LogP contribution in [0.1, 0.15) is 82.8 Å². The highest BCUT2D eigenvalue weighted by molar-refractivity contribution is 6.03. The predicted molar refractivity (Wildman–Crippen MR) is 253 cm³/mol. The summed E-state index contributed by atoms with van der Waals surface area (Å²) in [5, 5.41) is 24.8. The molecule has 65 heavy (non-hydrogen) atoms. The Morgan fingerprint density at radius 3 is 2.25 bits per heavy atom. The molecule has 11 nitrogen and oxygen atoms in total. The molecule has 1 fully saturated rings. The lowest BCUT2D eigenvalue weighted by Crippen LogP contribution is -2.69. The number of amides is 1. The minimum Gasteiger partial charge on any atom is -0.459 e. The summed E-state index contributed by atoms with van der Waals surface area (Å²) in [5.41, 5.74) is 5.30. The van der Waals surface area contributed by atoms with Crippen LogP contribution in [0.5, 0.6) is 17.2 Å². The third-order valence-corrected chi connectivity index (χ3v) is 12.6. The van der Waals surface area contributed by atoms with Crippen LogP contribution in [0.2, 0.25) is 0 Å². The highest BCUT2D eigenvalue weighted by Gasteiger charge is 2.65. The number of nitrogens with zero attached hydrogens (tertiary/aromatic N) is 2. The van der Waals surface area contributed by atoms with Gasteiger partial charge < -0.3 is 43.6 Å². The van der Waals surface area contributed by atoms with E-state index < -0.39 is 29.4 Å². The van der Waals surface area contributed by atoms with Crippen LogP contribution in [0.25, 0.3) is 11.1 Å².